The molecular weight excluding hydrogens is 330 g/mol. The van der Waals surface area contributed by atoms with E-state index in [1.807, 2.05) is 12.1 Å². The molecule has 2 aromatic carbocycles. The zero-order chi connectivity index (χ0) is 18.4. The number of benzene rings is 2. The maximum atomic E-state index is 10.7. The van der Waals surface area contributed by atoms with E-state index in [1.165, 1.54) is 5.56 Å². The van der Waals surface area contributed by atoms with Crippen LogP contribution in [-0.4, -0.2) is 36.6 Å². The molecule has 138 valence electrons. The molecule has 6 nitrogen and oxygen atoms in total. The van der Waals surface area contributed by atoms with E-state index in [4.69, 9.17) is 4.74 Å². The summed E-state index contributed by atoms with van der Waals surface area (Å²) in [6.45, 7) is 4.08. The van der Waals surface area contributed by atoms with Gasteiger partial charge in [0.2, 0.25) is 0 Å². The second-order valence-corrected chi connectivity index (χ2v) is 6.75. The molecule has 0 radical (unpaired) electrons. The molecule has 1 aliphatic heterocycles. The quantitative estimate of drug-likeness (QED) is 0.602. The SMILES string of the molecule is COc1ccc(CN2CCC(CNc3ccc([N+](=O)[O-])cc3)CC2)cc1. The lowest BCUT2D eigenvalue weighted by atomic mass is 9.96. The lowest BCUT2D eigenvalue weighted by molar-refractivity contribution is -0.384. The Morgan fingerprint density at radius 2 is 1.77 bits per heavy atom. The van der Waals surface area contributed by atoms with Crippen LogP contribution in [0.1, 0.15) is 18.4 Å². The highest BCUT2D eigenvalue weighted by molar-refractivity contribution is 5.48. The molecule has 0 amide bonds. The molecule has 3 rings (SSSR count). The molecule has 1 fully saturated rings. The van der Waals surface area contributed by atoms with Crippen molar-refractivity contribution in [3.63, 3.8) is 0 Å². The summed E-state index contributed by atoms with van der Waals surface area (Å²) in [7, 11) is 1.69. The van der Waals surface area contributed by atoms with Crippen molar-refractivity contribution in [1.82, 2.24) is 4.90 Å². The number of nitro groups is 1. The number of hydrogen-bond donors (Lipinski definition) is 1. The van der Waals surface area contributed by atoms with Crippen LogP contribution in [0.3, 0.4) is 0 Å². The van der Waals surface area contributed by atoms with Crippen LogP contribution in [0.15, 0.2) is 48.5 Å². The summed E-state index contributed by atoms with van der Waals surface area (Å²) in [5.74, 6) is 1.53. The molecule has 0 aliphatic carbocycles. The first-order chi connectivity index (χ1) is 12.6. The molecule has 1 saturated heterocycles. The molecule has 1 aliphatic rings. The largest absolute Gasteiger partial charge is 0.497 e. The Morgan fingerprint density at radius 3 is 2.35 bits per heavy atom. The molecule has 1 heterocycles. The van der Waals surface area contributed by atoms with Gasteiger partial charge in [0.1, 0.15) is 5.75 Å². The number of anilines is 1. The van der Waals surface area contributed by atoms with E-state index in [1.54, 1.807) is 31.4 Å². The summed E-state index contributed by atoms with van der Waals surface area (Å²) in [6, 6.07) is 14.9. The standard InChI is InChI=1S/C20H25N3O3/c1-26-20-8-2-17(3-9-20)15-22-12-10-16(11-13-22)14-21-18-4-6-19(7-5-18)23(24)25/h2-9,16,21H,10-15H2,1H3. The Morgan fingerprint density at radius 1 is 1.12 bits per heavy atom. The monoisotopic (exact) mass is 355 g/mol. The van der Waals surface area contributed by atoms with Gasteiger partial charge in [-0.3, -0.25) is 15.0 Å². The van der Waals surface area contributed by atoms with Gasteiger partial charge in [0, 0.05) is 30.9 Å². The lowest BCUT2D eigenvalue weighted by Crippen LogP contribution is -2.35. The van der Waals surface area contributed by atoms with Gasteiger partial charge in [-0.2, -0.15) is 0 Å². The number of piperidine rings is 1. The smallest absolute Gasteiger partial charge is 0.269 e. The van der Waals surface area contributed by atoms with E-state index in [9.17, 15) is 10.1 Å². The average molecular weight is 355 g/mol. The van der Waals surface area contributed by atoms with Gasteiger partial charge in [0.25, 0.3) is 5.69 Å². The Hall–Kier alpha value is -2.60. The number of ether oxygens (including phenoxy) is 1. The van der Waals surface area contributed by atoms with Crippen LogP contribution in [0.2, 0.25) is 0 Å². The van der Waals surface area contributed by atoms with Gasteiger partial charge in [-0.1, -0.05) is 12.1 Å². The highest BCUT2D eigenvalue weighted by atomic mass is 16.6. The van der Waals surface area contributed by atoms with E-state index >= 15 is 0 Å². The van der Waals surface area contributed by atoms with Crippen molar-refractivity contribution in [1.29, 1.82) is 0 Å². The van der Waals surface area contributed by atoms with Crippen LogP contribution in [0.4, 0.5) is 11.4 Å². The fourth-order valence-electron chi connectivity index (χ4n) is 3.30. The van der Waals surface area contributed by atoms with Crippen molar-refractivity contribution in [3.05, 3.63) is 64.2 Å². The van der Waals surface area contributed by atoms with Crippen LogP contribution >= 0.6 is 0 Å². The van der Waals surface area contributed by atoms with Crippen molar-refractivity contribution in [3.8, 4) is 5.75 Å². The molecule has 26 heavy (non-hydrogen) atoms. The van der Waals surface area contributed by atoms with E-state index < -0.39 is 0 Å². The van der Waals surface area contributed by atoms with Gasteiger partial charge in [-0.05, 0) is 61.7 Å². The molecule has 6 heteroatoms. The Balaban J connectivity index is 1.41. The fraction of sp³-hybridized carbons (Fsp3) is 0.400. The van der Waals surface area contributed by atoms with Crippen LogP contribution in [-0.2, 0) is 6.54 Å². The average Bonchev–Trinajstić information content (AvgIpc) is 2.68. The number of non-ortho nitro benzene ring substituents is 1. The molecule has 0 atom stereocenters. The maximum Gasteiger partial charge on any atom is 0.269 e. The van der Waals surface area contributed by atoms with Crippen molar-refractivity contribution in [2.45, 2.75) is 19.4 Å². The highest BCUT2D eigenvalue weighted by Crippen LogP contribution is 2.22. The van der Waals surface area contributed by atoms with E-state index in [2.05, 4.69) is 22.3 Å². The molecule has 0 aromatic heterocycles. The lowest BCUT2D eigenvalue weighted by Gasteiger charge is -2.32. The molecular formula is C20H25N3O3. The summed E-state index contributed by atoms with van der Waals surface area (Å²) in [4.78, 5) is 12.8. The molecule has 0 saturated carbocycles. The second kappa shape index (κ2) is 8.67. The van der Waals surface area contributed by atoms with Crippen molar-refractivity contribution in [2.75, 3.05) is 32.1 Å². The number of likely N-dealkylation sites (tertiary alicyclic amines) is 1. The zero-order valence-corrected chi connectivity index (χ0v) is 15.1. The number of methoxy groups -OCH3 is 1. The normalized spacial score (nSPS) is 15.6. The van der Waals surface area contributed by atoms with Gasteiger partial charge in [0.15, 0.2) is 0 Å². The highest BCUT2D eigenvalue weighted by Gasteiger charge is 2.19. The van der Waals surface area contributed by atoms with Crippen molar-refractivity contribution in [2.24, 2.45) is 5.92 Å². The summed E-state index contributed by atoms with van der Waals surface area (Å²) in [5.41, 5.74) is 2.38. The number of nitrogens with one attached hydrogen (secondary N) is 1. The van der Waals surface area contributed by atoms with Crippen molar-refractivity contribution < 1.29 is 9.66 Å². The van der Waals surface area contributed by atoms with Crippen LogP contribution < -0.4 is 10.1 Å². The Bertz CT molecular complexity index is 708. The van der Waals surface area contributed by atoms with Gasteiger partial charge < -0.3 is 10.1 Å². The Kier molecular flexibility index (Phi) is 6.07. The third-order valence-corrected chi connectivity index (χ3v) is 4.95. The number of hydrogen-bond acceptors (Lipinski definition) is 5. The van der Waals surface area contributed by atoms with Gasteiger partial charge in [0.05, 0.1) is 12.0 Å². The van der Waals surface area contributed by atoms with Crippen LogP contribution in [0.25, 0.3) is 0 Å². The third-order valence-electron chi connectivity index (χ3n) is 4.95. The first-order valence-electron chi connectivity index (χ1n) is 8.97. The minimum Gasteiger partial charge on any atom is -0.497 e. The van der Waals surface area contributed by atoms with E-state index in [0.717, 1.165) is 50.5 Å². The number of rotatable bonds is 7. The predicted molar refractivity (Wildman–Crippen MR) is 103 cm³/mol. The third kappa shape index (κ3) is 4.95. The van der Waals surface area contributed by atoms with E-state index in [-0.39, 0.29) is 10.6 Å². The number of nitro benzene ring substituents is 1. The minimum atomic E-state index is -0.373. The molecule has 0 spiro atoms. The summed E-state index contributed by atoms with van der Waals surface area (Å²) >= 11 is 0. The second-order valence-electron chi connectivity index (χ2n) is 6.75. The predicted octanol–water partition coefficient (Wildman–Crippen LogP) is 3.93. The molecule has 0 unspecified atom stereocenters. The van der Waals surface area contributed by atoms with Gasteiger partial charge >= 0.3 is 0 Å². The van der Waals surface area contributed by atoms with Crippen LogP contribution in [0, 0.1) is 16.0 Å². The molecule has 0 bridgehead atoms. The summed E-state index contributed by atoms with van der Waals surface area (Å²) in [6.07, 6.45) is 2.33. The van der Waals surface area contributed by atoms with Crippen molar-refractivity contribution >= 4 is 11.4 Å². The molecule has 2 aromatic rings. The van der Waals surface area contributed by atoms with Gasteiger partial charge in [-0.15, -0.1) is 0 Å². The van der Waals surface area contributed by atoms with E-state index in [0.29, 0.717) is 5.92 Å². The topological polar surface area (TPSA) is 67.6 Å². The first kappa shape index (κ1) is 18.2. The van der Waals surface area contributed by atoms with Crippen LogP contribution in [0.5, 0.6) is 5.75 Å². The Labute approximate surface area is 153 Å². The summed E-state index contributed by atoms with van der Waals surface area (Å²) in [5, 5.41) is 14.1. The minimum absolute atomic E-state index is 0.127. The maximum absolute atomic E-state index is 10.7. The fourth-order valence-corrected chi connectivity index (χ4v) is 3.30. The first-order valence-corrected chi connectivity index (χ1v) is 8.97. The zero-order valence-electron chi connectivity index (χ0n) is 15.1. The molecule has 1 N–H and O–H groups in total. The number of nitrogens with zero attached hydrogens (tertiary/aromatic N) is 2. The summed E-state index contributed by atoms with van der Waals surface area (Å²) < 4.78 is 5.20. The van der Waals surface area contributed by atoms with Gasteiger partial charge in [-0.25, -0.2) is 0 Å².